The van der Waals surface area contributed by atoms with E-state index in [9.17, 15) is 15.0 Å². The maximum Gasteiger partial charge on any atom is 0.302 e. The van der Waals surface area contributed by atoms with Gasteiger partial charge in [-0.25, -0.2) is 4.68 Å². The van der Waals surface area contributed by atoms with Crippen LogP contribution in [0.4, 0.5) is 0 Å². The van der Waals surface area contributed by atoms with E-state index in [0.717, 1.165) is 22.5 Å². The minimum Gasteiger partial charge on any atom is -0.463 e. The first kappa shape index (κ1) is 21.3. The molecule has 4 rings (SSSR count). The average molecular weight is 421 g/mol. The van der Waals surface area contributed by atoms with Crippen molar-refractivity contribution >= 4 is 5.97 Å². The number of ether oxygens (including phenoxy) is 1. The Labute approximate surface area is 182 Å². The van der Waals surface area contributed by atoms with Crippen molar-refractivity contribution in [2.75, 3.05) is 0 Å². The summed E-state index contributed by atoms with van der Waals surface area (Å²) in [6, 6.07) is 17.7. The van der Waals surface area contributed by atoms with Crippen LogP contribution in [0.25, 0.3) is 16.9 Å². The lowest BCUT2D eigenvalue weighted by Gasteiger charge is -2.34. The summed E-state index contributed by atoms with van der Waals surface area (Å²) in [5, 5.41) is 25.6. The van der Waals surface area contributed by atoms with E-state index >= 15 is 0 Å². The van der Waals surface area contributed by atoms with Gasteiger partial charge in [-0.15, -0.1) is 0 Å². The molecule has 31 heavy (non-hydrogen) atoms. The van der Waals surface area contributed by atoms with Gasteiger partial charge in [-0.2, -0.15) is 5.10 Å². The number of carbonyl (C=O) groups excluding carboxylic acids is 1. The Bertz CT molecular complexity index is 1050. The highest BCUT2D eigenvalue weighted by atomic mass is 16.5. The highest BCUT2D eigenvalue weighted by Gasteiger charge is 2.38. The van der Waals surface area contributed by atoms with E-state index in [0.29, 0.717) is 31.4 Å². The summed E-state index contributed by atoms with van der Waals surface area (Å²) in [4.78, 5) is 11.3. The smallest absolute Gasteiger partial charge is 0.302 e. The first-order valence-corrected chi connectivity index (χ1v) is 10.7. The minimum absolute atomic E-state index is 0.0152. The van der Waals surface area contributed by atoms with Gasteiger partial charge in [0.1, 0.15) is 11.7 Å². The van der Waals surface area contributed by atoms with E-state index in [1.807, 2.05) is 41.9 Å². The van der Waals surface area contributed by atoms with Crippen LogP contribution >= 0.6 is 0 Å². The maximum absolute atomic E-state index is 11.4. The Morgan fingerprint density at radius 3 is 2.35 bits per heavy atom. The second kappa shape index (κ2) is 8.65. The molecule has 1 fully saturated rings. The Morgan fingerprint density at radius 1 is 1.13 bits per heavy atom. The Hall–Kier alpha value is -2.96. The number of rotatable bonds is 5. The second-order valence-corrected chi connectivity index (χ2v) is 8.36. The van der Waals surface area contributed by atoms with Gasteiger partial charge >= 0.3 is 5.97 Å². The summed E-state index contributed by atoms with van der Waals surface area (Å²) < 4.78 is 7.17. The van der Waals surface area contributed by atoms with Crippen LogP contribution in [0.1, 0.15) is 49.4 Å². The molecule has 1 aliphatic rings. The van der Waals surface area contributed by atoms with E-state index in [4.69, 9.17) is 9.84 Å². The summed E-state index contributed by atoms with van der Waals surface area (Å²) >= 11 is 0. The van der Waals surface area contributed by atoms with Crippen LogP contribution < -0.4 is 0 Å². The van der Waals surface area contributed by atoms with Crippen LogP contribution in [0.3, 0.4) is 0 Å². The number of carbonyl (C=O) groups is 1. The quantitative estimate of drug-likeness (QED) is 0.609. The van der Waals surface area contributed by atoms with Gasteiger partial charge < -0.3 is 14.9 Å². The molecule has 2 N–H and O–H groups in total. The van der Waals surface area contributed by atoms with Crippen LogP contribution in [0, 0.1) is 6.92 Å². The number of aliphatic hydroxyl groups excluding tert-OH is 1. The fourth-order valence-electron chi connectivity index (χ4n) is 4.16. The molecule has 0 amide bonds. The van der Waals surface area contributed by atoms with Gasteiger partial charge in [-0.05, 0) is 56.4 Å². The Morgan fingerprint density at radius 2 is 1.77 bits per heavy atom. The van der Waals surface area contributed by atoms with Gasteiger partial charge in [-0.3, -0.25) is 4.79 Å². The van der Waals surface area contributed by atoms with Crippen LogP contribution in [-0.4, -0.2) is 32.1 Å². The maximum atomic E-state index is 11.4. The molecule has 1 aromatic heterocycles. The Kier molecular flexibility index (Phi) is 5.94. The number of nitrogens with zero attached hydrogens (tertiary/aromatic N) is 2. The predicted molar refractivity (Wildman–Crippen MR) is 118 cm³/mol. The van der Waals surface area contributed by atoms with Crippen molar-refractivity contribution in [2.24, 2.45) is 0 Å². The fourth-order valence-corrected chi connectivity index (χ4v) is 4.16. The van der Waals surface area contributed by atoms with Crippen LogP contribution in [0.15, 0.2) is 54.6 Å². The number of aryl methyl sites for hydroxylation is 1. The molecule has 0 atom stereocenters. The van der Waals surface area contributed by atoms with Gasteiger partial charge in [0.15, 0.2) is 0 Å². The lowest BCUT2D eigenvalue weighted by Crippen LogP contribution is -2.35. The number of esters is 1. The molecule has 1 heterocycles. The molecule has 6 nitrogen and oxygen atoms in total. The van der Waals surface area contributed by atoms with E-state index < -0.39 is 5.60 Å². The molecule has 0 saturated heterocycles. The topological polar surface area (TPSA) is 84.6 Å². The number of hydrogen-bond donors (Lipinski definition) is 2. The molecular formula is C25H28N2O4. The van der Waals surface area contributed by atoms with Gasteiger partial charge in [0, 0.05) is 12.5 Å². The van der Waals surface area contributed by atoms with Crippen LogP contribution in [0.5, 0.6) is 0 Å². The molecule has 0 bridgehead atoms. The van der Waals surface area contributed by atoms with Gasteiger partial charge in [0.2, 0.25) is 0 Å². The van der Waals surface area contributed by atoms with Crippen molar-refractivity contribution in [2.45, 2.75) is 57.8 Å². The molecule has 0 spiro atoms. The second-order valence-electron chi connectivity index (χ2n) is 8.36. The van der Waals surface area contributed by atoms with Crippen molar-refractivity contribution in [3.63, 3.8) is 0 Å². The third-order valence-corrected chi connectivity index (χ3v) is 5.99. The normalized spacial score (nSPS) is 21.1. The first-order valence-electron chi connectivity index (χ1n) is 10.7. The molecular weight excluding hydrogens is 392 g/mol. The summed E-state index contributed by atoms with van der Waals surface area (Å²) in [7, 11) is 0. The van der Waals surface area contributed by atoms with E-state index in [1.165, 1.54) is 12.5 Å². The molecule has 0 aliphatic heterocycles. The highest BCUT2D eigenvalue weighted by Crippen LogP contribution is 2.39. The molecule has 0 unspecified atom stereocenters. The highest BCUT2D eigenvalue weighted by molar-refractivity contribution is 5.66. The molecule has 1 saturated carbocycles. The SMILES string of the molecule is CC(=O)OC1CCC(O)(c2cc(-c3ccc(C)cc3)n(-c3ccc(CO)cc3)n2)CC1. The zero-order valence-electron chi connectivity index (χ0n) is 17.9. The first-order chi connectivity index (χ1) is 14.9. The number of aromatic nitrogens is 2. The van der Waals surface area contributed by atoms with Crippen molar-refractivity contribution in [3.05, 3.63) is 71.4 Å². The zero-order valence-corrected chi connectivity index (χ0v) is 17.9. The van der Waals surface area contributed by atoms with E-state index in [-0.39, 0.29) is 18.7 Å². The Balaban J connectivity index is 1.71. The van der Waals surface area contributed by atoms with Crippen LogP contribution in [0.2, 0.25) is 0 Å². The van der Waals surface area contributed by atoms with Crippen molar-refractivity contribution in [3.8, 4) is 16.9 Å². The predicted octanol–water partition coefficient (Wildman–Crippen LogP) is 4.03. The molecule has 2 aromatic carbocycles. The van der Waals surface area contributed by atoms with Crippen molar-refractivity contribution in [1.29, 1.82) is 0 Å². The number of aliphatic hydroxyl groups is 2. The van der Waals surface area contributed by atoms with Crippen molar-refractivity contribution < 1.29 is 19.7 Å². The zero-order chi connectivity index (χ0) is 22.0. The lowest BCUT2D eigenvalue weighted by molar-refractivity contribution is -0.151. The average Bonchev–Trinajstić information content (AvgIpc) is 3.22. The van der Waals surface area contributed by atoms with E-state index in [2.05, 4.69) is 24.3 Å². The van der Waals surface area contributed by atoms with E-state index in [1.54, 1.807) is 0 Å². The van der Waals surface area contributed by atoms with Crippen LogP contribution in [-0.2, 0) is 21.7 Å². The minimum atomic E-state index is -1.06. The number of benzene rings is 2. The monoisotopic (exact) mass is 420 g/mol. The van der Waals surface area contributed by atoms with Gasteiger partial charge in [-0.1, -0.05) is 42.0 Å². The molecule has 0 radical (unpaired) electrons. The summed E-state index contributed by atoms with van der Waals surface area (Å²) in [5.41, 5.74) is 4.31. The third kappa shape index (κ3) is 4.55. The summed E-state index contributed by atoms with van der Waals surface area (Å²) in [6.45, 7) is 3.45. The third-order valence-electron chi connectivity index (χ3n) is 5.99. The fraction of sp³-hybridized carbons (Fsp3) is 0.360. The van der Waals surface area contributed by atoms with Gasteiger partial charge in [0.05, 0.1) is 23.7 Å². The molecule has 162 valence electrons. The summed E-state index contributed by atoms with van der Waals surface area (Å²) in [5.74, 6) is -0.285. The molecule has 6 heteroatoms. The van der Waals surface area contributed by atoms with Crippen molar-refractivity contribution in [1.82, 2.24) is 9.78 Å². The number of hydrogen-bond acceptors (Lipinski definition) is 5. The molecule has 1 aliphatic carbocycles. The van der Waals surface area contributed by atoms with Gasteiger partial charge in [0.25, 0.3) is 0 Å². The lowest BCUT2D eigenvalue weighted by atomic mass is 9.81. The standard InChI is InChI=1S/C25H28N2O4/c1-17-3-7-20(8-4-17)23-15-24(25(30)13-11-22(12-14-25)31-18(2)29)26-27(23)21-9-5-19(16-28)6-10-21/h3-10,15,22,28,30H,11-14,16H2,1-2H3. The summed E-state index contributed by atoms with van der Waals surface area (Å²) in [6.07, 6.45) is 2.03. The largest absolute Gasteiger partial charge is 0.463 e. The molecule has 3 aromatic rings.